The van der Waals surface area contributed by atoms with E-state index < -0.39 is 0 Å². The van der Waals surface area contributed by atoms with Crippen molar-refractivity contribution in [2.24, 2.45) is 0 Å². The third-order valence-electron chi connectivity index (χ3n) is 5.24. The van der Waals surface area contributed by atoms with Gasteiger partial charge in [-0.3, -0.25) is 14.2 Å². The van der Waals surface area contributed by atoms with E-state index in [1.165, 1.54) is 11.8 Å². The number of carbonyl (C=O) groups excluding carboxylic acids is 1. The standard InChI is InChI=1S/C23H25N3O3S/c1-15-9-10-16(2)20(12-15)24-21(27)14-30-23-25-19-8-4-3-7-18(19)22(28)26(23)13-17-6-5-11-29-17/h3-4,7-10,12,17H,5-6,11,13-14H2,1-2H3,(H,24,27)/t17-/m0/s1. The third-order valence-corrected chi connectivity index (χ3v) is 6.21. The molecule has 0 bridgehead atoms. The van der Waals surface area contributed by atoms with E-state index in [-0.39, 0.29) is 23.3 Å². The van der Waals surface area contributed by atoms with Gasteiger partial charge in [0.2, 0.25) is 5.91 Å². The maximum Gasteiger partial charge on any atom is 0.262 e. The molecule has 1 atom stereocenters. The van der Waals surface area contributed by atoms with Crippen LogP contribution in [0.2, 0.25) is 0 Å². The Kier molecular flexibility index (Phi) is 6.20. The highest BCUT2D eigenvalue weighted by Gasteiger charge is 2.20. The Morgan fingerprint density at radius 3 is 2.90 bits per heavy atom. The molecule has 156 valence electrons. The van der Waals surface area contributed by atoms with Gasteiger partial charge in [0.25, 0.3) is 5.56 Å². The van der Waals surface area contributed by atoms with Crippen molar-refractivity contribution in [1.82, 2.24) is 9.55 Å². The molecule has 0 aliphatic carbocycles. The fraction of sp³-hybridized carbons (Fsp3) is 0.348. The number of rotatable bonds is 6. The molecule has 1 fully saturated rings. The second-order valence-electron chi connectivity index (χ2n) is 7.62. The molecule has 1 aliphatic heterocycles. The van der Waals surface area contributed by atoms with Crippen molar-refractivity contribution in [2.75, 3.05) is 17.7 Å². The van der Waals surface area contributed by atoms with Gasteiger partial charge in [-0.05, 0) is 56.0 Å². The van der Waals surface area contributed by atoms with Gasteiger partial charge in [-0.15, -0.1) is 0 Å². The molecule has 0 unspecified atom stereocenters. The van der Waals surface area contributed by atoms with Gasteiger partial charge < -0.3 is 10.1 Å². The average Bonchev–Trinajstić information content (AvgIpc) is 3.25. The Hall–Kier alpha value is -2.64. The summed E-state index contributed by atoms with van der Waals surface area (Å²) >= 11 is 1.28. The molecule has 4 rings (SSSR count). The van der Waals surface area contributed by atoms with Crippen LogP contribution in [0.15, 0.2) is 52.4 Å². The smallest absolute Gasteiger partial charge is 0.262 e. The highest BCUT2D eigenvalue weighted by Crippen LogP contribution is 2.22. The highest BCUT2D eigenvalue weighted by molar-refractivity contribution is 7.99. The number of hydrogen-bond donors (Lipinski definition) is 1. The molecule has 1 amide bonds. The first-order chi connectivity index (χ1) is 14.5. The monoisotopic (exact) mass is 423 g/mol. The Balaban J connectivity index is 1.56. The predicted molar refractivity (Wildman–Crippen MR) is 120 cm³/mol. The predicted octanol–water partition coefficient (Wildman–Crippen LogP) is 3.92. The van der Waals surface area contributed by atoms with Crippen LogP contribution in [-0.4, -0.2) is 33.9 Å². The van der Waals surface area contributed by atoms with Crippen LogP contribution in [0.1, 0.15) is 24.0 Å². The summed E-state index contributed by atoms with van der Waals surface area (Å²) in [5.41, 5.74) is 3.46. The number of nitrogens with zero attached hydrogens (tertiary/aromatic N) is 2. The molecule has 1 aliphatic rings. The number of nitrogens with one attached hydrogen (secondary N) is 1. The van der Waals surface area contributed by atoms with Gasteiger partial charge in [0.05, 0.1) is 29.3 Å². The van der Waals surface area contributed by atoms with E-state index in [4.69, 9.17) is 4.74 Å². The van der Waals surface area contributed by atoms with Gasteiger partial charge in [-0.2, -0.15) is 0 Å². The SMILES string of the molecule is Cc1ccc(C)c(NC(=O)CSc2nc3ccccc3c(=O)n2C[C@@H]2CCCO2)c1. The molecule has 2 heterocycles. The second kappa shape index (κ2) is 9.02. The Labute approximate surface area is 179 Å². The first kappa shape index (κ1) is 20.6. The number of aromatic nitrogens is 2. The van der Waals surface area contributed by atoms with Gasteiger partial charge in [-0.1, -0.05) is 36.0 Å². The van der Waals surface area contributed by atoms with Crippen molar-refractivity contribution >= 4 is 34.3 Å². The van der Waals surface area contributed by atoms with Crippen molar-refractivity contribution in [3.63, 3.8) is 0 Å². The molecule has 1 aromatic heterocycles. The van der Waals surface area contributed by atoms with Crippen LogP contribution in [0.5, 0.6) is 0 Å². The number of anilines is 1. The quantitative estimate of drug-likeness (QED) is 0.480. The maximum absolute atomic E-state index is 13.1. The summed E-state index contributed by atoms with van der Waals surface area (Å²) in [6, 6.07) is 13.3. The molecular formula is C23H25N3O3S. The van der Waals surface area contributed by atoms with Crippen LogP contribution in [0.3, 0.4) is 0 Å². The summed E-state index contributed by atoms with van der Waals surface area (Å²) in [7, 11) is 0. The van der Waals surface area contributed by atoms with Gasteiger partial charge in [0.1, 0.15) is 0 Å². The second-order valence-corrected chi connectivity index (χ2v) is 8.56. The van der Waals surface area contributed by atoms with E-state index in [9.17, 15) is 9.59 Å². The lowest BCUT2D eigenvalue weighted by Gasteiger charge is -2.16. The minimum absolute atomic E-state index is 0.00813. The Morgan fingerprint density at radius 1 is 1.27 bits per heavy atom. The van der Waals surface area contributed by atoms with Crippen LogP contribution < -0.4 is 10.9 Å². The van der Waals surface area contributed by atoms with Crippen molar-refractivity contribution < 1.29 is 9.53 Å². The number of hydrogen-bond acceptors (Lipinski definition) is 5. The van der Waals surface area contributed by atoms with Crippen LogP contribution in [-0.2, 0) is 16.1 Å². The van der Waals surface area contributed by atoms with Crippen LogP contribution in [0.25, 0.3) is 10.9 Å². The first-order valence-electron chi connectivity index (χ1n) is 10.1. The van der Waals surface area contributed by atoms with E-state index in [1.54, 1.807) is 10.6 Å². The number of ether oxygens (including phenoxy) is 1. The molecule has 0 spiro atoms. The van der Waals surface area contributed by atoms with Crippen molar-refractivity contribution in [3.8, 4) is 0 Å². The van der Waals surface area contributed by atoms with Crippen LogP contribution in [0, 0.1) is 13.8 Å². The molecule has 7 heteroatoms. The molecule has 0 radical (unpaired) electrons. The number of amides is 1. The van der Waals surface area contributed by atoms with E-state index in [0.29, 0.717) is 22.6 Å². The Bertz CT molecular complexity index is 1140. The lowest BCUT2D eigenvalue weighted by molar-refractivity contribution is -0.113. The fourth-order valence-electron chi connectivity index (χ4n) is 3.60. The largest absolute Gasteiger partial charge is 0.376 e. The summed E-state index contributed by atoms with van der Waals surface area (Å²) < 4.78 is 7.39. The van der Waals surface area contributed by atoms with Crippen molar-refractivity contribution in [2.45, 2.75) is 44.5 Å². The zero-order chi connectivity index (χ0) is 21.1. The van der Waals surface area contributed by atoms with Crippen molar-refractivity contribution in [1.29, 1.82) is 0 Å². The minimum atomic E-state index is -0.125. The van der Waals surface area contributed by atoms with Gasteiger partial charge in [0, 0.05) is 12.3 Å². The Morgan fingerprint density at radius 2 is 2.10 bits per heavy atom. The fourth-order valence-corrected chi connectivity index (χ4v) is 4.41. The minimum Gasteiger partial charge on any atom is -0.376 e. The molecule has 1 saturated heterocycles. The molecule has 0 saturated carbocycles. The maximum atomic E-state index is 13.1. The van der Waals surface area contributed by atoms with Crippen molar-refractivity contribution in [3.05, 3.63) is 63.9 Å². The third kappa shape index (κ3) is 4.57. The molecule has 6 nitrogen and oxygen atoms in total. The lowest BCUT2D eigenvalue weighted by Crippen LogP contribution is -2.29. The van der Waals surface area contributed by atoms with Crippen LogP contribution in [0.4, 0.5) is 5.69 Å². The topological polar surface area (TPSA) is 73.2 Å². The molecular weight excluding hydrogens is 398 g/mol. The van der Waals surface area contributed by atoms with E-state index in [2.05, 4.69) is 10.3 Å². The van der Waals surface area contributed by atoms with E-state index >= 15 is 0 Å². The molecule has 2 aromatic carbocycles. The molecule has 30 heavy (non-hydrogen) atoms. The zero-order valence-corrected chi connectivity index (χ0v) is 18.0. The van der Waals surface area contributed by atoms with E-state index in [0.717, 1.165) is 36.3 Å². The summed E-state index contributed by atoms with van der Waals surface area (Å²) in [6.45, 7) is 5.14. The lowest BCUT2D eigenvalue weighted by atomic mass is 10.1. The average molecular weight is 424 g/mol. The molecule has 1 N–H and O–H groups in total. The highest BCUT2D eigenvalue weighted by atomic mass is 32.2. The molecule has 3 aromatic rings. The number of fused-ring (bicyclic) bond motifs is 1. The number of carbonyl (C=O) groups is 1. The first-order valence-corrected chi connectivity index (χ1v) is 11.1. The summed E-state index contributed by atoms with van der Waals surface area (Å²) in [5.74, 6) is 0.0451. The number of thioether (sulfide) groups is 1. The normalized spacial score (nSPS) is 16.1. The van der Waals surface area contributed by atoms with Gasteiger partial charge in [-0.25, -0.2) is 4.98 Å². The van der Waals surface area contributed by atoms with Crippen LogP contribution >= 0.6 is 11.8 Å². The summed E-state index contributed by atoms with van der Waals surface area (Å²) in [5, 5.41) is 4.10. The van der Waals surface area contributed by atoms with E-state index in [1.807, 2.05) is 50.2 Å². The summed E-state index contributed by atoms with van der Waals surface area (Å²) in [4.78, 5) is 30.4. The zero-order valence-electron chi connectivity index (χ0n) is 17.2. The van der Waals surface area contributed by atoms with Gasteiger partial charge >= 0.3 is 0 Å². The summed E-state index contributed by atoms with van der Waals surface area (Å²) in [6.07, 6.45) is 1.94. The number of aryl methyl sites for hydroxylation is 2. The van der Waals surface area contributed by atoms with Gasteiger partial charge in [0.15, 0.2) is 5.16 Å². The number of para-hydroxylation sites is 1. The number of benzene rings is 2.